The van der Waals surface area contributed by atoms with Crippen LogP contribution in [0.15, 0.2) is 103 Å². The number of nitrogens with one attached hydrogen (secondary N) is 2. The summed E-state index contributed by atoms with van der Waals surface area (Å²) >= 11 is 19.0. The molecule has 222 valence electrons. The molecular weight excluding hydrogens is 613 g/mol. The van der Waals surface area contributed by atoms with Crippen LogP contribution in [0.3, 0.4) is 0 Å². The quantitative estimate of drug-likeness (QED) is 0.167. The first-order chi connectivity index (χ1) is 21.3. The summed E-state index contributed by atoms with van der Waals surface area (Å²) in [6.07, 6.45) is 1.79. The molecule has 3 aromatic carbocycles. The van der Waals surface area contributed by atoms with Gasteiger partial charge in [-0.25, -0.2) is 0 Å². The first kappa shape index (κ1) is 29.7. The van der Waals surface area contributed by atoms with Gasteiger partial charge in [0.25, 0.3) is 5.91 Å². The van der Waals surface area contributed by atoms with E-state index in [4.69, 9.17) is 40.2 Å². The predicted octanol–water partition coefficient (Wildman–Crippen LogP) is 7.99. The Hall–Kier alpha value is -4.37. The second-order valence-electron chi connectivity index (χ2n) is 10.4. The van der Waals surface area contributed by atoms with Crippen LogP contribution in [0, 0.1) is 13.8 Å². The number of thiocarbonyl (C=S) groups is 1. The zero-order valence-corrected chi connectivity index (χ0v) is 26.3. The van der Waals surface area contributed by atoms with Crippen molar-refractivity contribution in [2.75, 3.05) is 16.8 Å². The Balaban J connectivity index is 1.32. The number of anilines is 2. The first-order valence-electron chi connectivity index (χ1n) is 14.0. The number of ether oxygens (including phenoxy) is 1. The Morgan fingerprint density at radius 3 is 2.45 bits per heavy atom. The van der Waals surface area contributed by atoms with E-state index in [0.29, 0.717) is 26.6 Å². The maximum absolute atomic E-state index is 12.5. The third-order valence-corrected chi connectivity index (χ3v) is 8.72. The molecule has 0 aliphatic carbocycles. The van der Waals surface area contributed by atoms with Gasteiger partial charge in [-0.05, 0) is 98.4 Å². The fourth-order valence-electron chi connectivity index (χ4n) is 5.64. The van der Waals surface area contributed by atoms with Crippen LogP contribution >= 0.6 is 35.4 Å². The second-order valence-corrected chi connectivity index (χ2v) is 11.6. The molecule has 1 fully saturated rings. The minimum Gasteiger partial charge on any atom is -0.484 e. The maximum atomic E-state index is 12.5. The molecule has 1 aliphatic heterocycles. The molecule has 2 aromatic heterocycles. The van der Waals surface area contributed by atoms with Gasteiger partial charge in [0.05, 0.1) is 33.5 Å². The Labute approximate surface area is 271 Å². The van der Waals surface area contributed by atoms with E-state index in [9.17, 15) is 4.79 Å². The minimum absolute atomic E-state index is 0.0913. The van der Waals surface area contributed by atoms with Crippen LogP contribution in [0.25, 0.3) is 5.69 Å². The number of benzene rings is 3. The van der Waals surface area contributed by atoms with Gasteiger partial charge in [-0.1, -0.05) is 53.5 Å². The van der Waals surface area contributed by atoms with Crippen molar-refractivity contribution in [3.05, 3.63) is 136 Å². The van der Waals surface area contributed by atoms with Crippen molar-refractivity contribution in [2.24, 2.45) is 0 Å². The van der Waals surface area contributed by atoms with E-state index in [2.05, 4.69) is 38.1 Å². The lowest BCUT2D eigenvalue weighted by Gasteiger charge is -2.28. The van der Waals surface area contributed by atoms with Crippen LogP contribution in [0.1, 0.15) is 34.7 Å². The molecule has 44 heavy (non-hydrogen) atoms. The summed E-state index contributed by atoms with van der Waals surface area (Å²) in [6.45, 7) is 4.03. The normalized spacial score (nSPS) is 16.1. The molecule has 0 saturated carbocycles. The molecule has 0 unspecified atom stereocenters. The predicted molar refractivity (Wildman–Crippen MR) is 180 cm³/mol. The molecule has 0 bridgehead atoms. The number of carbonyl (C=O) groups is 1. The third kappa shape index (κ3) is 5.88. The van der Waals surface area contributed by atoms with Gasteiger partial charge >= 0.3 is 0 Å². The van der Waals surface area contributed by atoms with Crippen LogP contribution in [-0.2, 0) is 4.79 Å². The molecular formula is C34H29Cl2N5O2S. The number of hydrogen-bond acceptors (Lipinski definition) is 4. The summed E-state index contributed by atoms with van der Waals surface area (Å²) in [6, 6.07) is 30.1. The summed E-state index contributed by atoms with van der Waals surface area (Å²) in [7, 11) is 0. The largest absolute Gasteiger partial charge is 0.484 e. The highest BCUT2D eigenvalue weighted by atomic mass is 35.5. The van der Waals surface area contributed by atoms with Gasteiger partial charge < -0.3 is 24.8 Å². The fraction of sp³-hybridized carbons (Fsp3) is 0.147. The molecule has 3 heterocycles. The summed E-state index contributed by atoms with van der Waals surface area (Å²) in [5.41, 5.74) is 6.29. The minimum atomic E-state index is -0.250. The van der Waals surface area contributed by atoms with E-state index < -0.39 is 0 Å². The van der Waals surface area contributed by atoms with Gasteiger partial charge in [0.15, 0.2) is 11.7 Å². The molecule has 0 radical (unpaired) electrons. The van der Waals surface area contributed by atoms with Crippen LogP contribution in [0.5, 0.6) is 5.75 Å². The Morgan fingerprint density at radius 2 is 1.73 bits per heavy atom. The van der Waals surface area contributed by atoms with E-state index in [1.807, 2.05) is 91.9 Å². The number of aromatic nitrogens is 2. The summed E-state index contributed by atoms with van der Waals surface area (Å²) in [5, 5.41) is 7.97. The first-order valence-corrected chi connectivity index (χ1v) is 15.2. The van der Waals surface area contributed by atoms with Crippen LogP contribution in [-0.4, -0.2) is 27.2 Å². The SMILES string of the molecule is Cc1cc([C@@H]2[C@@H](c3ccccn3)NC(=S)N2c2ccc(NC(=O)COc3ccccc3)cc2)c(C)n1-c1cccc(Cl)c1Cl. The Kier molecular flexibility index (Phi) is 8.57. The summed E-state index contributed by atoms with van der Waals surface area (Å²) in [4.78, 5) is 19.3. The van der Waals surface area contributed by atoms with Gasteiger partial charge in [0.1, 0.15) is 5.75 Å². The maximum Gasteiger partial charge on any atom is 0.262 e. The number of aryl methyl sites for hydroxylation is 1. The van der Waals surface area contributed by atoms with E-state index in [-0.39, 0.29) is 24.6 Å². The number of para-hydroxylation sites is 1. The van der Waals surface area contributed by atoms with Gasteiger partial charge in [0.2, 0.25) is 0 Å². The number of nitrogens with zero attached hydrogens (tertiary/aromatic N) is 3. The number of rotatable bonds is 8. The van der Waals surface area contributed by atoms with E-state index in [0.717, 1.165) is 34.0 Å². The average molecular weight is 643 g/mol. The molecule has 1 aliphatic rings. The van der Waals surface area contributed by atoms with Crippen molar-refractivity contribution in [3.63, 3.8) is 0 Å². The highest BCUT2D eigenvalue weighted by molar-refractivity contribution is 7.80. The van der Waals surface area contributed by atoms with E-state index in [1.54, 1.807) is 12.3 Å². The number of hydrogen-bond donors (Lipinski definition) is 2. The van der Waals surface area contributed by atoms with Gasteiger partial charge in [0, 0.05) is 29.0 Å². The molecule has 1 saturated heterocycles. The summed E-state index contributed by atoms with van der Waals surface area (Å²) in [5.74, 6) is 0.388. The number of halogens is 2. The van der Waals surface area contributed by atoms with E-state index >= 15 is 0 Å². The monoisotopic (exact) mass is 641 g/mol. The lowest BCUT2D eigenvalue weighted by Crippen LogP contribution is -2.29. The summed E-state index contributed by atoms with van der Waals surface area (Å²) < 4.78 is 7.70. The fourth-order valence-corrected chi connectivity index (χ4v) is 6.37. The standard InChI is InChI=1S/C34H29Cl2N5O2S/c1-21-19-26(22(2)40(21)29-13-8-11-27(35)31(29)36)33-32(28-12-6-7-18-37-28)39-34(44)41(33)24-16-14-23(15-17-24)38-30(42)20-43-25-9-4-3-5-10-25/h3-19,32-33H,20H2,1-2H3,(H,38,42)(H,39,44)/t32-,33-/m1/s1. The van der Waals surface area contributed by atoms with Gasteiger partial charge in [-0.2, -0.15) is 0 Å². The van der Waals surface area contributed by atoms with Crippen molar-refractivity contribution in [3.8, 4) is 11.4 Å². The van der Waals surface area contributed by atoms with Crippen molar-refractivity contribution >= 4 is 57.8 Å². The van der Waals surface area contributed by atoms with Crippen LogP contribution in [0.4, 0.5) is 11.4 Å². The third-order valence-electron chi connectivity index (χ3n) is 7.60. The van der Waals surface area contributed by atoms with Crippen molar-refractivity contribution in [1.29, 1.82) is 0 Å². The molecule has 1 amide bonds. The molecule has 6 rings (SSSR count). The molecule has 10 heteroatoms. The van der Waals surface area contributed by atoms with Crippen molar-refractivity contribution in [2.45, 2.75) is 25.9 Å². The average Bonchev–Trinajstić information content (AvgIpc) is 3.53. The van der Waals surface area contributed by atoms with Gasteiger partial charge in [-0.15, -0.1) is 0 Å². The number of pyridine rings is 1. The van der Waals surface area contributed by atoms with Gasteiger partial charge in [-0.3, -0.25) is 9.78 Å². The van der Waals surface area contributed by atoms with Crippen LogP contribution in [0.2, 0.25) is 10.0 Å². The number of carbonyl (C=O) groups excluding carboxylic acids is 1. The van der Waals surface area contributed by atoms with E-state index in [1.165, 1.54) is 0 Å². The zero-order valence-electron chi connectivity index (χ0n) is 24.0. The Morgan fingerprint density at radius 1 is 0.977 bits per heavy atom. The zero-order chi connectivity index (χ0) is 30.8. The Bertz CT molecular complexity index is 1810. The molecule has 7 nitrogen and oxygen atoms in total. The van der Waals surface area contributed by atoms with Crippen molar-refractivity contribution < 1.29 is 9.53 Å². The smallest absolute Gasteiger partial charge is 0.262 e. The molecule has 2 atom stereocenters. The topological polar surface area (TPSA) is 71.4 Å². The van der Waals surface area contributed by atoms with Crippen LogP contribution < -0.4 is 20.3 Å². The lowest BCUT2D eigenvalue weighted by atomic mass is 9.96. The molecule has 5 aromatic rings. The number of amides is 1. The molecule has 2 N–H and O–H groups in total. The highest BCUT2D eigenvalue weighted by Gasteiger charge is 2.42. The molecule has 0 spiro atoms. The lowest BCUT2D eigenvalue weighted by molar-refractivity contribution is -0.118. The van der Waals surface area contributed by atoms with Crippen molar-refractivity contribution in [1.82, 2.24) is 14.9 Å². The second kappa shape index (κ2) is 12.7. The highest BCUT2D eigenvalue weighted by Crippen LogP contribution is 2.44.